The normalized spacial score (nSPS) is 13.1. The lowest BCUT2D eigenvalue weighted by atomic mass is 9.97. The van der Waals surface area contributed by atoms with Gasteiger partial charge in [-0.05, 0) is 49.9 Å². The average molecular weight is 274 g/mol. The first-order valence-corrected chi connectivity index (χ1v) is 6.89. The number of hydrogen-bond acceptors (Lipinski definition) is 1. The van der Waals surface area contributed by atoms with Gasteiger partial charge in [0, 0.05) is 6.04 Å². The molecule has 0 amide bonds. The maximum Gasteiger partial charge on any atom is 0.0595 e. The predicted octanol–water partition coefficient (Wildman–Crippen LogP) is 4.56. The summed E-state index contributed by atoms with van der Waals surface area (Å²) in [6.07, 6.45) is 3.37. The van der Waals surface area contributed by atoms with Crippen LogP contribution in [0, 0.1) is 5.92 Å². The summed E-state index contributed by atoms with van der Waals surface area (Å²) in [5, 5.41) is 4.65. The molecule has 3 heteroatoms. The highest BCUT2D eigenvalue weighted by molar-refractivity contribution is 6.42. The molecule has 0 spiro atoms. The second kappa shape index (κ2) is 7.25. The lowest BCUT2D eigenvalue weighted by Crippen LogP contribution is -2.27. The van der Waals surface area contributed by atoms with Gasteiger partial charge < -0.3 is 5.32 Å². The minimum absolute atomic E-state index is 0.574. The van der Waals surface area contributed by atoms with E-state index in [1.54, 1.807) is 0 Å². The first-order chi connectivity index (χ1) is 8.02. The van der Waals surface area contributed by atoms with Gasteiger partial charge in [-0.25, -0.2) is 0 Å². The smallest absolute Gasteiger partial charge is 0.0595 e. The highest BCUT2D eigenvalue weighted by Gasteiger charge is 2.09. The topological polar surface area (TPSA) is 12.0 Å². The molecule has 0 aromatic heterocycles. The lowest BCUT2D eigenvalue weighted by Gasteiger charge is -2.18. The molecule has 1 aromatic rings. The summed E-state index contributed by atoms with van der Waals surface area (Å²) in [5.41, 5.74) is 1.25. The third-order valence-electron chi connectivity index (χ3n) is 2.93. The summed E-state index contributed by atoms with van der Waals surface area (Å²) in [4.78, 5) is 0. The molecule has 1 rings (SSSR count). The zero-order chi connectivity index (χ0) is 12.8. The van der Waals surface area contributed by atoms with Crippen molar-refractivity contribution in [3.63, 3.8) is 0 Å². The van der Waals surface area contributed by atoms with E-state index >= 15 is 0 Å². The van der Waals surface area contributed by atoms with Crippen molar-refractivity contribution in [1.29, 1.82) is 0 Å². The molecule has 1 N–H and O–H groups in total. The predicted molar refractivity (Wildman–Crippen MR) is 77.1 cm³/mol. The Kier molecular flexibility index (Phi) is 6.32. The molecule has 0 aliphatic heterocycles. The van der Waals surface area contributed by atoms with Gasteiger partial charge >= 0.3 is 0 Å². The molecule has 0 radical (unpaired) electrons. The van der Waals surface area contributed by atoms with Crippen molar-refractivity contribution >= 4 is 23.2 Å². The fraction of sp³-hybridized carbons (Fsp3) is 0.571. The van der Waals surface area contributed by atoms with Gasteiger partial charge in [0.25, 0.3) is 0 Å². The summed E-state index contributed by atoms with van der Waals surface area (Å²) >= 11 is 11.9. The Bertz CT molecular complexity index is 350. The minimum Gasteiger partial charge on any atom is -0.317 e. The number of benzene rings is 1. The van der Waals surface area contributed by atoms with Gasteiger partial charge in [-0.2, -0.15) is 0 Å². The Morgan fingerprint density at radius 3 is 2.41 bits per heavy atom. The van der Waals surface area contributed by atoms with E-state index in [2.05, 4.69) is 25.2 Å². The van der Waals surface area contributed by atoms with E-state index in [9.17, 15) is 0 Å². The van der Waals surface area contributed by atoms with Crippen molar-refractivity contribution in [1.82, 2.24) is 5.32 Å². The van der Waals surface area contributed by atoms with E-state index in [-0.39, 0.29) is 0 Å². The largest absolute Gasteiger partial charge is 0.317 e. The van der Waals surface area contributed by atoms with E-state index in [1.807, 2.05) is 19.2 Å². The van der Waals surface area contributed by atoms with Gasteiger partial charge in [-0.1, -0.05) is 43.1 Å². The van der Waals surface area contributed by atoms with Crippen LogP contribution in [0.25, 0.3) is 0 Å². The van der Waals surface area contributed by atoms with Crippen LogP contribution in [0.15, 0.2) is 18.2 Å². The van der Waals surface area contributed by atoms with Crippen LogP contribution in [-0.2, 0) is 6.42 Å². The van der Waals surface area contributed by atoms with Crippen molar-refractivity contribution in [3.8, 4) is 0 Å². The maximum absolute atomic E-state index is 6.00. The molecule has 96 valence electrons. The SMILES string of the molecule is CNC(CCc1ccc(Cl)c(Cl)c1)CC(C)C. The second-order valence-electron chi connectivity index (χ2n) is 4.90. The van der Waals surface area contributed by atoms with Crippen LogP contribution in [-0.4, -0.2) is 13.1 Å². The summed E-state index contributed by atoms with van der Waals surface area (Å²) in [6.45, 7) is 4.51. The molecule has 0 aliphatic rings. The van der Waals surface area contributed by atoms with Crippen molar-refractivity contribution in [2.24, 2.45) is 5.92 Å². The molecule has 0 bridgehead atoms. The van der Waals surface area contributed by atoms with Crippen LogP contribution in [0.3, 0.4) is 0 Å². The van der Waals surface area contributed by atoms with E-state index in [0.717, 1.165) is 18.8 Å². The van der Waals surface area contributed by atoms with E-state index in [0.29, 0.717) is 16.1 Å². The third kappa shape index (κ3) is 5.29. The quantitative estimate of drug-likeness (QED) is 0.801. The van der Waals surface area contributed by atoms with Crippen molar-refractivity contribution in [2.45, 2.75) is 39.2 Å². The molecule has 1 aromatic carbocycles. The number of rotatable bonds is 6. The molecule has 1 nitrogen and oxygen atoms in total. The Balaban J connectivity index is 2.50. The first-order valence-electron chi connectivity index (χ1n) is 6.14. The van der Waals surface area contributed by atoms with Gasteiger partial charge in [-0.15, -0.1) is 0 Å². The summed E-state index contributed by atoms with van der Waals surface area (Å²) in [7, 11) is 2.03. The standard InChI is InChI=1S/C14H21Cl2N/c1-10(2)8-12(17-3)6-4-11-5-7-13(15)14(16)9-11/h5,7,9-10,12,17H,4,6,8H2,1-3H3. The summed E-state index contributed by atoms with van der Waals surface area (Å²) in [5.74, 6) is 0.723. The first kappa shape index (κ1) is 14.8. The van der Waals surface area contributed by atoms with Crippen LogP contribution >= 0.6 is 23.2 Å². The average Bonchev–Trinajstić information content (AvgIpc) is 2.28. The van der Waals surface area contributed by atoms with E-state index in [4.69, 9.17) is 23.2 Å². The van der Waals surface area contributed by atoms with Gasteiger partial charge in [0.15, 0.2) is 0 Å². The molecule has 1 atom stereocenters. The minimum atomic E-state index is 0.574. The molecule has 0 fully saturated rings. The van der Waals surface area contributed by atoms with Crippen LogP contribution < -0.4 is 5.32 Å². The van der Waals surface area contributed by atoms with Gasteiger partial charge in [0.2, 0.25) is 0 Å². The Labute approximate surface area is 115 Å². The van der Waals surface area contributed by atoms with Crippen LogP contribution in [0.4, 0.5) is 0 Å². The molecule has 0 saturated heterocycles. The zero-order valence-corrected chi connectivity index (χ0v) is 12.3. The van der Waals surface area contributed by atoms with Crippen molar-refractivity contribution < 1.29 is 0 Å². The third-order valence-corrected chi connectivity index (χ3v) is 3.67. The van der Waals surface area contributed by atoms with Crippen LogP contribution in [0.5, 0.6) is 0 Å². The molecular formula is C14H21Cl2N. The monoisotopic (exact) mass is 273 g/mol. The Morgan fingerprint density at radius 1 is 1.18 bits per heavy atom. The number of hydrogen-bond donors (Lipinski definition) is 1. The molecule has 1 unspecified atom stereocenters. The fourth-order valence-electron chi connectivity index (χ4n) is 1.99. The van der Waals surface area contributed by atoms with Crippen LogP contribution in [0.1, 0.15) is 32.3 Å². The summed E-state index contributed by atoms with van der Waals surface area (Å²) < 4.78 is 0. The highest BCUT2D eigenvalue weighted by Crippen LogP contribution is 2.23. The Hall–Kier alpha value is -0.240. The Morgan fingerprint density at radius 2 is 1.88 bits per heavy atom. The van der Waals surface area contributed by atoms with Crippen molar-refractivity contribution in [2.75, 3.05) is 7.05 Å². The number of halogens is 2. The molecule has 0 heterocycles. The summed E-state index contributed by atoms with van der Waals surface area (Å²) in [6, 6.07) is 6.46. The van der Waals surface area contributed by atoms with Crippen LogP contribution in [0.2, 0.25) is 10.0 Å². The van der Waals surface area contributed by atoms with Gasteiger partial charge in [-0.3, -0.25) is 0 Å². The van der Waals surface area contributed by atoms with E-state index in [1.165, 1.54) is 12.0 Å². The second-order valence-corrected chi connectivity index (χ2v) is 5.72. The fourth-order valence-corrected chi connectivity index (χ4v) is 2.31. The molecule has 0 aliphatic carbocycles. The molecular weight excluding hydrogens is 253 g/mol. The van der Waals surface area contributed by atoms with Gasteiger partial charge in [0.1, 0.15) is 0 Å². The van der Waals surface area contributed by atoms with Crippen molar-refractivity contribution in [3.05, 3.63) is 33.8 Å². The van der Waals surface area contributed by atoms with E-state index < -0.39 is 0 Å². The molecule has 0 saturated carbocycles. The van der Waals surface area contributed by atoms with Gasteiger partial charge in [0.05, 0.1) is 10.0 Å². The number of nitrogens with one attached hydrogen (secondary N) is 1. The maximum atomic E-state index is 6.00. The zero-order valence-electron chi connectivity index (χ0n) is 10.8. The number of aryl methyl sites for hydroxylation is 1. The molecule has 17 heavy (non-hydrogen) atoms. The highest BCUT2D eigenvalue weighted by atomic mass is 35.5. The lowest BCUT2D eigenvalue weighted by molar-refractivity contribution is 0.422.